The maximum atomic E-state index is 12.7. The van der Waals surface area contributed by atoms with Crippen LogP contribution in [0.3, 0.4) is 0 Å². The zero-order valence-electron chi connectivity index (χ0n) is 24.4. The minimum absolute atomic E-state index is 0.163. The third-order valence-electron chi connectivity index (χ3n) is 6.10. The lowest BCUT2D eigenvalue weighted by Gasteiger charge is -2.34. The van der Waals surface area contributed by atoms with E-state index in [0.717, 1.165) is 35.6 Å². The summed E-state index contributed by atoms with van der Waals surface area (Å²) in [5, 5.41) is 3.76. The zero-order chi connectivity index (χ0) is 27.6. The maximum Gasteiger partial charge on any atom is 0.311 e. The molecule has 3 aromatic rings. The van der Waals surface area contributed by atoms with E-state index in [1.54, 1.807) is 13.2 Å². The molecule has 2 heterocycles. The summed E-state index contributed by atoms with van der Waals surface area (Å²) in [4.78, 5) is 17.6. The molecule has 0 amide bonds. The van der Waals surface area contributed by atoms with Crippen molar-refractivity contribution >= 4 is 17.4 Å². The van der Waals surface area contributed by atoms with Crippen LogP contribution in [0.4, 0.5) is 5.82 Å². The number of methoxy groups -OCH3 is 1. The third-order valence-corrected chi connectivity index (χ3v) is 6.10. The molecule has 0 bridgehead atoms. The van der Waals surface area contributed by atoms with Crippen molar-refractivity contribution in [3.8, 4) is 22.8 Å². The van der Waals surface area contributed by atoms with Crippen molar-refractivity contribution in [2.24, 2.45) is 16.7 Å². The second-order valence-corrected chi connectivity index (χ2v) is 13.4. The van der Waals surface area contributed by atoms with Gasteiger partial charge in [0.2, 0.25) is 0 Å². The fraction of sp³-hybridized carbons (Fsp3) is 0.548. The number of hydrogen-bond donors (Lipinski definition) is 1. The van der Waals surface area contributed by atoms with Crippen LogP contribution in [0.5, 0.6) is 11.5 Å². The van der Waals surface area contributed by atoms with E-state index in [4.69, 9.17) is 14.5 Å². The van der Waals surface area contributed by atoms with Gasteiger partial charge in [-0.25, -0.2) is 4.98 Å². The molecule has 0 aliphatic rings. The van der Waals surface area contributed by atoms with E-state index in [1.807, 2.05) is 36.5 Å². The number of anilines is 1. The Balaban J connectivity index is 1.92. The first-order valence-electron chi connectivity index (χ1n) is 13.2. The Labute approximate surface area is 222 Å². The number of carbonyl (C=O) groups is 1. The average Bonchev–Trinajstić information content (AvgIpc) is 3.08. The van der Waals surface area contributed by atoms with Gasteiger partial charge in [0.05, 0.1) is 7.11 Å². The molecule has 6 heteroatoms. The Kier molecular flexibility index (Phi) is 8.31. The van der Waals surface area contributed by atoms with E-state index >= 15 is 0 Å². The molecule has 1 atom stereocenters. The van der Waals surface area contributed by atoms with Gasteiger partial charge in [-0.1, -0.05) is 54.5 Å². The highest BCUT2D eigenvalue weighted by molar-refractivity contribution is 5.79. The standard InChI is InChI=1S/C31H45N3O3/c1-21(19-29(2,3)4)17-26(35)37-23-15-14-22(18-24(23)36-10)27-28(33-31(8,9)20-30(5,6)7)34-16-12-11-13-25(34)32-27/h11-16,18,21,33H,17,19-20H2,1-10H3. The summed E-state index contributed by atoms with van der Waals surface area (Å²) in [6, 6.07) is 11.6. The van der Waals surface area contributed by atoms with Crippen molar-refractivity contribution in [1.29, 1.82) is 0 Å². The van der Waals surface area contributed by atoms with Gasteiger partial charge in [-0.15, -0.1) is 0 Å². The molecule has 0 radical (unpaired) electrons. The van der Waals surface area contributed by atoms with Crippen LogP contribution in [0, 0.1) is 16.7 Å². The number of nitrogens with zero attached hydrogens (tertiary/aromatic N) is 2. The molecule has 1 unspecified atom stereocenters. The second-order valence-electron chi connectivity index (χ2n) is 13.4. The molecule has 6 nitrogen and oxygen atoms in total. The van der Waals surface area contributed by atoms with Crippen LogP contribution < -0.4 is 14.8 Å². The first-order chi connectivity index (χ1) is 17.1. The fourth-order valence-corrected chi connectivity index (χ4v) is 5.47. The lowest BCUT2D eigenvalue weighted by molar-refractivity contribution is -0.135. The van der Waals surface area contributed by atoms with E-state index in [9.17, 15) is 4.79 Å². The van der Waals surface area contributed by atoms with Crippen molar-refractivity contribution in [1.82, 2.24) is 9.38 Å². The number of fused-ring (bicyclic) bond motifs is 1. The lowest BCUT2D eigenvalue weighted by Crippen LogP contribution is -2.36. The Morgan fingerprint density at radius 3 is 2.32 bits per heavy atom. The molecule has 37 heavy (non-hydrogen) atoms. The van der Waals surface area contributed by atoms with E-state index < -0.39 is 0 Å². The van der Waals surface area contributed by atoms with Gasteiger partial charge in [0.15, 0.2) is 11.5 Å². The van der Waals surface area contributed by atoms with E-state index in [-0.39, 0.29) is 28.3 Å². The number of benzene rings is 1. The number of carbonyl (C=O) groups excluding carboxylic acids is 1. The van der Waals surface area contributed by atoms with Gasteiger partial charge < -0.3 is 14.8 Å². The summed E-state index contributed by atoms with van der Waals surface area (Å²) < 4.78 is 13.5. The van der Waals surface area contributed by atoms with Crippen molar-refractivity contribution in [3.05, 3.63) is 42.6 Å². The average molecular weight is 508 g/mol. The van der Waals surface area contributed by atoms with Gasteiger partial charge in [0, 0.05) is 23.7 Å². The molecule has 0 aliphatic carbocycles. The molecule has 0 saturated carbocycles. The summed E-state index contributed by atoms with van der Waals surface area (Å²) in [6.07, 6.45) is 4.32. The lowest BCUT2D eigenvalue weighted by atomic mass is 9.82. The molecule has 1 aromatic carbocycles. The van der Waals surface area contributed by atoms with Crippen molar-refractivity contribution in [2.75, 3.05) is 12.4 Å². The predicted octanol–water partition coefficient (Wildman–Crippen LogP) is 8.00. The molecular formula is C31H45N3O3. The minimum atomic E-state index is -0.248. The van der Waals surface area contributed by atoms with Crippen molar-refractivity contribution in [3.63, 3.8) is 0 Å². The number of aromatic nitrogens is 2. The highest BCUT2D eigenvalue weighted by atomic mass is 16.6. The summed E-state index contributed by atoms with van der Waals surface area (Å²) in [5.74, 6) is 1.84. The number of imidazole rings is 1. The first-order valence-corrected chi connectivity index (χ1v) is 13.2. The van der Waals surface area contributed by atoms with Gasteiger partial charge in [0.1, 0.15) is 17.2 Å². The largest absolute Gasteiger partial charge is 0.493 e. The number of rotatable bonds is 9. The van der Waals surface area contributed by atoms with Gasteiger partial charge in [0.25, 0.3) is 0 Å². The maximum absolute atomic E-state index is 12.7. The monoisotopic (exact) mass is 507 g/mol. The second kappa shape index (κ2) is 10.8. The smallest absolute Gasteiger partial charge is 0.311 e. The molecule has 0 fully saturated rings. The van der Waals surface area contributed by atoms with E-state index in [0.29, 0.717) is 17.9 Å². The Morgan fingerprint density at radius 2 is 1.70 bits per heavy atom. The van der Waals surface area contributed by atoms with Crippen LogP contribution in [0.15, 0.2) is 42.6 Å². The minimum Gasteiger partial charge on any atom is -0.493 e. The first kappa shape index (κ1) is 28.5. The van der Waals surface area contributed by atoms with E-state index in [1.165, 1.54) is 0 Å². The summed E-state index contributed by atoms with van der Waals surface area (Å²) in [5.41, 5.74) is 2.73. The highest BCUT2D eigenvalue weighted by Gasteiger charge is 2.28. The van der Waals surface area contributed by atoms with Crippen LogP contribution in [0.1, 0.15) is 81.6 Å². The van der Waals surface area contributed by atoms with Crippen LogP contribution in [0.2, 0.25) is 0 Å². The number of ether oxygens (including phenoxy) is 2. The molecular weight excluding hydrogens is 462 g/mol. The van der Waals surface area contributed by atoms with Gasteiger partial charge in [-0.3, -0.25) is 9.20 Å². The van der Waals surface area contributed by atoms with Crippen molar-refractivity contribution in [2.45, 2.75) is 87.1 Å². The Bertz CT molecular complexity index is 1230. The quantitative estimate of drug-likeness (QED) is 0.235. The van der Waals surface area contributed by atoms with Crippen LogP contribution in [0.25, 0.3) is 16.9 Å². The number of esters is 1. The topological polar surface area (TPSA) is 64.9 Å². The van der Waals surface area contributed by atoms with Gasteiger partial charge in [-0.2, -0.15) is 0 Å². The van der Waals surface area contributed by atoms with Crippen LogP contribution >= 0.6 is 0 Å². The normalized spacial score (nSPS) is 13.5. The molecule has 3 rings (SSSR count). The number of hydrogen-bond acceptors (Lipinski definition) is 5. The molecule has 1 N–H and O–H groups in total. The fourth-order valence-electron chi connectivity index (χ4n) is 5.47. The van der Waals surface area contributed by atoms with Crippen LogP contribution in [-0.2, 0) is 4.79 Å². The molecule has 0 saturated heterocycles. The number of pyridine rings is 1. The van der Waals surface area contributed by atoms with Gasteiger partial charge >= 0.3 is 5.97 Å². The predicted molar refractivity (Wildman–Crippen MR) is 152 cm³/mol. The van der Waals surface area contributed by atoms with E-state index in [2.05, 4.69) is 72.0 Å². The Hall–Kier alpha value is -3.02. The zero-order valence-corrected chi connectivity index (χ0v) is 24.4. The summed E-state index contributed by atoms with van der Waals surface area (Å²) in [6.45, 7) is 19.8. The van der Waals surface area contributed by atoms with Gasteiger partial charge in [-0.05, 0) is 73.8 Å². The summed E-state index contributed by atoms with van der Waals surface area (Å²) >= 11 is 0. The molecule has 2 aromatic heterocycles. The number of nitrogens with one attached hydrogen (secondary N) is 1. The molecule has 0 spiro atoms. The third kappa shape index (κ3) is 7.98. The van der Waals surface area contributed by atoms with Crippen LogP contribution in [-0.4, -0.2) is 28.0 Å². The summed E-state index contributed by atoms with van der Waals surface area (Å²) in [7, 11) is 1.59. The molecule has 0 aliphatic heterocycles. The Morgan fingerprint density at radius 1 is 1.00 bits per heavy atom. The SMILES string of the molecule is COc1cc(-c2nc3ccccn3c2NC(C)(C)CC(C)(C)C)ccc1OC(=O)CC(C)CC(C)(C)C. The molecule has 202 valence electrons. The van der Waals surface area contributed by atoms with Crippen molar-refractivity contribution < 1.29 is 14.3 Å². The highest BCUT2D eigenvalue weighted by Crippen LogP contribution is 2.38.